The van der Waals surface area contributed by atoms with Crippen LogP contribution in [-0.4, -0.2) is 19.5 Å². The second-order valence-electron chi connectivity index (χ2n) is 4.15. The number of aromatic carboxylic acids is 1. The monoisotopic (exact) mass is 326 g/mol. The number of hydrogen-bond donors (Lipinski definition) is 3. The molecule has 0 amide bonds. The highest BCUT2D eigenvalue weighted by Gasteiger charge is 2.20. The van der Waals surface area contributed by atoms with Crippen LogP contribution in [0.2, 0.25) is 5.02 Å². The Bertz CT molecular complexity index is 806. The van der Waals surface area contributed by atoms with E-state index in [1.807, 2.05) is 0 Å². The quantitative estimate of drug-likeness (QED) is 0.747. The summed E-state index contributed by atoms with van der Waals surface area (Å²) < 4.78 is 26.8. The van der Waals surface area contributed by atoms with Crippen molar-refractivity contribution >= 4 is 39.0 Å². The molecule has 4 N–H and O–H groups in total. The number of halogens is 1. The van der Waals surface area contributed by atoms with Crippen LogP contribution < -0.4 is 10.5 Å². The predicted octanol–water partition coefficient (Wildman–Crippen LogP) is 2.42. The first kappa shape index (κ1) is 15.1. The van der Waals surface area contributed by atoms with E-state index in [-0.39, 0.29) is 26.9 Å². The zero-order valence-electron chi connectivity index (χ0n) is 10.6. The van der Waals surface area contributed by atoms with Crippen molar-refractivity contribution in [1.82, 2.24) is 0 Å². The number of nitrogen functional groups attached to an aromatic ring is 1. The van der Waals surface area contributed by atoms with E-state index in [1.165, 1.54) is 36.4 Å². The Kier molecular flexibility index (Phi) is 4.06. The number of carboxylic acid groups (broad SMARTS) is 1. The molecule has 2 rings (SSSR count). The summed E-state index contributed by atoms with van der Waals surface area (Å²) in [6.07, 6.45) is 0. The molecule has 110 valence electrons. The van der Waals surface area contributed by atoms with Gasteiger partial charge >= 0.3 is 5.97 Å². The summed E-state index contributed by atoms with van der Waals surface area (Å²) >= 11 is 5.85. The standard InChI is InChI=1S/C13H11ClN2O4S/c14-10-3-1-2-4-12(10)21(19,20)16-11-7-8(15)5-6-9(11)13(17)18/h1-7,16H,15H2,(H,17,18). The molecule has 8 heteroatoms. The van der Waals surface area contributed by atoms with E-state index in [2.05, 4.69) is 4.72 Å². The molecule has 0 aliphatic heterocycles. The van der Waals surface area contributed by atoms with Crippen LogP contribution in [0.25, 0.3) is 0 Å². The summed E-state index contributed by atoms with van der Waals surface area (Å²) in [6.45, 7) is 0. The molecule has 0 saturated heterocycles. The number of rotatable bonds is 4. The molecule has 0 aliphatic carbocycles. The van der Waals surface area contributed by atoms with Gasteiger partial charge in [-0.15, -0.1) is 0 Å². The molecule has 6 nitrogen and oxygen atoms in total. The molecule has 0 fully saturated rings. The Hall–Kier alpha value is -2.25. The van der Waals surface area contributed by atoms with Crippen molar-refractivity contribution in [2.45, 2.75) is 4.90 Å². The van der Waals surface area contributed by atoms with Crippen LogP contribution in [-0.2, 0) is 10.0 Å². The average Bonchev–Trinajstić information content (AvgIpc) is 2.38. The topological polar surface area (TPSA) is 109 Å². The molecule has 0 saturated carbocycles. The van der Waals surface area contributed by atoms with Crippen molar-refractivity contribution in [3.63, 3.8) is 0 Å². The Morgan fingerprint density at radius 1 is 1.19 bits per heavy atom. The van der Waals surface area contributed by atoms with Gasteiger partial charge in [0.15, 0.2) is 0 Å². The molecule has 0 aromatic heterocycles. The molecule has 0 atom stereocenters. The van der Waals surface area contributed by atoms with Crippen LogP contribution in [0, 0.1) is 0 Å². The molecular formula is C13H11ClN2O4S. The first-order valence-corrected chi connectivity index (χ1v) is 7.57. The highest BCUT2D eigenvalue weighted by atomic mass is 35.5. The van der Waals surface area contributed by atoms with Crippen molar-refractivity contribution in [2.24, 2.45) is 0 Å². The highest BCUT2D eigenvalue weighted by Crippen LogP contribution is 2.26. The Balaban J connectivity index is 2.49. The smallest absolute Gasteiger partial charge is 0.337 e. The fourth-order valence-electron chi connectivity index (χ4n) is 1.70. The number of hydrogen-bond acceptors (Lipinski definition) is 4. The van der Waals surface area contributed by atoms with Gasteiger partial charge in [0.2, 0.25) is 0 Å². The third kappa shape index (κ3) is 3.26. The largest absolute Gasteiger partial charge is 0.478 e. The Morgan fingerprint density at radius 2 is 1.86 bits per heavy atom. The van der Waals surface area contributed by atoms with Gasteiger partial charge in [-0.05, 0) is 30.3 Å². The van der Waals surface area contributed by atoms with E-state index in [4.69, 9.17) is 22.4 Å². The minimum atomic E-state index is -4.02. The molecule has 0 heterocycles. The number of carbonyl (C=O) groups is 1. The number of sulfonamides is 1. The van der Waals surface area contributed by atoms with Crippen LogP contribution in [0.3, 0.4) is 0 Å². The minimum Gasteiger partial charge on any atom is -0.478 e. The van der Waals surface area contributed by atoms with Crippen molar-refractivity contribution in [3.05, 3.63) is 53.1 Å². The Morgan fingerprint density at radius 3 is 2.48 bits per heavy atom. The lowest BCUT2D eigenvalue weighted by molar-refractivity contribution is 0.0698. The normalized spacial score (nSPS) is 11.1. The van der Waals surface area contributed by atoms with E-state index in [0.717, 1.165) is 0 Å². The maximum atomic E-state index is 12.3. The second-order valence-corrected chi connectivity index (χ2v) is 6.20. The van der Waals surface area contributed by atoms with E-state index >= 15 is 0 Å². The van der Waals surface area contributed by atoms with Gasteiger partial charge in [-0.1, -0.05) is 23.7 Å². The van der Waals surface area contributed by atoms with Crippen LogP contribution in [0.4, 0.5) is 11.4 Å². The summed E-state index contributed by atoms with van der Waals surface area (Å²) in [5, 5.41) is 9.11. The first-order valence-electron chi connectivity index (χ1n) is 5.71. The molecular weight excluding hydrogens is 316 g/mol. The number of nitrogens with two attached hydrogens (primary N) is 1. The lowest BCUT2D eigenvalue weighted by Crippen LogP contribution is -2.16. The van der Waals surface area contributed by atoms with Gasteiger partial charge in [-0.2, -0.15) is 0 Å². The van der Waals surface area contributed by atoms with Crippen molar-refractivity contribution in [3.8, 4) is 0 Å². The van der Waals surface area contributed by atoms with E-state index in [1.54, 1.807) is 6.07 Å². The molecule has 0 radical (unpaired) electrons. The molecule has 0 unspecified atom stereocenters. The van der Waals surface area contributed by atoms with Crippen molar-refractivity contribution in [2.75, 3.05) is 10.5 Å². The zero-order chi connectivity index (χ0) is 15.6. The zero-order valence-corrected chi connectivity index (χ0v) is 12.1. The third-order valence-corrected chi connectivity index (χ3v) is 4.51. The highest BCUT2D eigenvalue weighted by molar-refractivity contribution is 7.92. The molecule has 2 aromatic carbocycles. The summed E-state index contributed by atoms with van der Waals surface area (Å²) in [7, 11) is -4.02. The summed E-state index contributed by atoms with van der Waals surface area (Å²) in [6, 6.07) is 9.67. The maximum Gasteiger partial charge on any atom is 0.337 e. The lowest BCUT2D eigenvalue weighted by Gasteiger charge is -2.12. The number of carboxylic acids is 1. The predicted molar refractivity (Wildman–Crippen MR) is 80.1 cm³/mol. The molecule has 0 aliphatic rings. The van der Waals surface area contributed by atoms with Gasteiger partial charge in [-0.3, -0.25) is 4.72 Å². The van der Waals surface area contributed by atoms with Crippen LogP contribution in [0.1, 0.15) is 10.4 Å². The molecule has 0 spiro atoms. The van der Waals surface area contributed by atoms with Gasteiger partial charge in [0.1, 0.15) is 4.90 Å². The second kappa shape index (κ2) is 5.63. The Labute approximate surface area is 126 Å². The van der Waals surface area contributed by atoms with Gasteiger partial charge in [0, 0.05) is 5.69 Å². The SMILES string of the molecule is Nc1ccc(C(=O)O)c(NS(=O)(=O)c2ccccc2Cl)c1. The van der Waals surface area contributed by atoms with E-state index in [0.29, 0.717) is 0 Å². The fraction of sp³-hybridized carbons (Fsp3) is 0. The summed E-state index contributed by atoms with van der Waals surface area (Å²) in [4.78, 5) is 11.0. The van der Waals surface area contributed by atoms with E-state index in [9.17, 15) is 13.2 Å². The van der Waals surface area contributed by atoms with Gasteiger partial charge < -0.3 is 10.8 Å². The summed E-state index contributed by atoms with van der Waals surface area (Å²) in [5.74, 6) is -1.27. The first-order chi connectivity index (χ1) is 9.81. The third-order valence-electron chi connectivity index (χ3n) is 2.64. The minimum absolute atomic E-state index is 0.0331. The van der Waals surface area contributed by atoms with Gasteiger partial charge in [-0.25, -0.2) is 13.2 Å². The van der Waals surface area contributed by atoms with Gasteiger partial charge in [0.05, 0.1) is 16.3 Å². The molecule has 2 aromatic rings. The van der Waals surface area contributed by atoms with Gasteiger partial charge in [0.25, 0.3) is 10.0 Å². The van der Waals surface area contributed by atoms with E-state index < -0.39 is 16.0 Å². The van der Waals surface area contributed by atoms with Crippen molar-refractivity contribution in [1.29, 1.82) is 0 Å². The summed E-state index contributed by atoms with van der Waals surface area (Å²) in [5.41, 5.74) is 5.46. The molecule has 0 bridgehead atoms. The number of nitrogens with one attached hydrogen (secondary N) is 1. The van der Waals surface area contributed by atoms with Crippen LogP contribution in [0.15, 0.2) is 47.4 Å². The molecule has 21 heavy (non-hydrogen) atoms. The average molecular weight is 327 g/mol. The number of anilines is 2. The van der Waals surface area contributed by atoms with Crippen LogP contribution >= 0.6 is 11.6 Å². The number of benzene rings is 2. The van der Waals surface area contributed by atoms with Crippen molar-refractivity contribution < 1.29 is 18.3 Å². The maximum absolute atomic E-state index is 12.3. The fourth-order valence-corrected chi connectivity index (χ4v) is 3.29. The van der Waals surface area contributed by atoms with Crippen LogP contribution in [0.5, 0.6) is 0 Å². The lowest BCUT2D eigenvalue weighted by atomic mass is 10.1.